The van der Waals surface area contributed by atoms with Gasteiger partial charge in [-0.25, -0.2) is 0 Å². The highest BCUT2D eigenvalue weighted by molar-refractivity contribution is 5.55. The van der Waals surface area contributed by atoms with Crippen LogP contribution in [0.5, 0.6) is 11.5 Å². The monoisotopic (exact) mass is 374 g/mol. The SMILES string of the molecule is COc1ccc(C2(O)c3ccc(C)c(C)c3OCC2c2ccc(C)cc2)cc1. The maximum absolute atomic E-state index is 12.2. The number of benzene rings is 3. The minimum absolute atomic E-state index is 0.212. The Balaban J connectivity index is 1.93. The summed E-state index contributed by atoms with van der Waals surface area (Å²) in [6, 6.07) is 20.1. The van der Waals surface area contributed by atoms with Gasteiger partial charge < -0.3 is 14.6 Å². The Labute approximate surface area is 166 Å². The van der Waals surface area contributed by atoms with Crippen LogP contribution in [-0.2, 0) is 5.60 Å². The zero-order chi connectivity index (χ0) is 19.9. The molecule has 0 bridgehead atoms. The number of rotatable bonds is 3. The van der Waals surface area contributed by atoms with Crippen LogP contribution in [0.25, 0.3) is 0 Å². The summed E-state index contributed by atoms with van der Waals surface area (Å²) in [6.07, 6.45) is 0. The summed E-state index contributed by atoms with van der Waals surface area (Å²) in [5.74, 6) is 1.35. The zero-order valence-corrected chi connectivity index (χ0v) is 16.8. The molecule has 3 aromatic carbocycles. The second kappa shape index (κ2) is 6.99. The van der Waals surface area contributed by atoms with Crippen molar-refractivity contribution in [3.63, 3.8) is 0 Å². The molecule has 0 saturated carbocycles. The molecule has 0 aromatic heterocycles. The van der Waals surface area contributed by atoms with Crippen LogP contribution in [0.2, 0.25) is 0 Å². The molecule has 0 saturated heterocycles. The first kappa shape index (κ1) is 18.6. The molecule has 1 heterocycles. The van der Waals surface area contributed by atoms with Crippen LogP contribution in [-0.4, -0.2) is 18.8 Å². The largest absolute Gasteiger partial charge is 0.497 e. The molecule has 1 aliphatic heterocycles. The predicted molar refractivity (Wildman–Crippen MR) is 111 cm³/mol. The van der Waals surface area contributed by atoms with E-state index in [2.05, 4.69) is 51.1 Å². The van der Waals surface area contributed by atoms with E-state index < -0.39 is 5.60 Å². The molecular weight excluding hydrogens is 348 g/mol. The third-order valence-corrected chi connectivity index (χ3v) is 6.00. The second-order valence-electron chi connectivity index (χ2n) is 7.65. The van der Waals surface area contributed by atoms with Crippen LogP contribution in [0.4, 0.5) is 0 Å². The predicted octanol–water partition coefficient (Wildman–Crippen LogP) is 5.03. The summed E-state index contributed by atoms with van der Waals surface area (Å²) in [6.45, 7) is 6.60. The van der Waals surface area contributed by atoms with E-state index in [1.165, 1.54) is 5.56 Å². The van der Waals surface area contributed by atoms with E-state index in [4.69, 9.17) is 9.47 Å². The third-order valence-electron chi connectivity index (χ3n) is 6.00. The normalized spacial score (nSPS) is 21.0. The number of fused-ring (bicyclic) bond motifs is 1. The maximum Gasteiger partial charge on any atom is 0.128 e. The smallest absolute Gasteiger partial charge is 0.128 e. The van der Waals surface area contributed by atoms with Gasteiger partial charge in [-0.1, -0.05) is 54.1 Å². The molecule has 4 rings (SSSR count). The van der Waals surface area contributed by atoms with Crippen LogP contribution in [0.3, 0.4) is 0 Å². The zero-order valence-electron chi connectivity index (χ0n) is 16.8. The Morgan fingerprint density at radius 3 is 2.25 bits per heavy atom. The van der Waals surface area contributed by atoms with Gasteiger partial charge >= 0.3 is 0 Å². The number of ether oxygens (including phenoxy) is 2. The topological polar surface area (TPSA) is 38.7 Å². The Hall–Kier alpha value is -2.78. The molecule has 28 heavy (non-hydrogen) atoms. The van der Waals surface area contributed by atoms with Gasteiger partial charge in [0.1, 0.15) is 17.1 Å². The molecule has 0 fully saturated rings. The quantitative estimate of drug-likeness (QED) is 0.699. The lowest BCUT2D eigenvalue weighted by atomic mass is 9.71. The fraction of sp³-hybridized carbons (Fsp3) is 0.280. The van der Waals surface area contributed by atoms with E-state index in [0.29, 0.717) is 6.61 Å². The summed E-state index contributed by atoms with van der Waals surface area (Å²) in [4.78, 5) is 0. The van der Waals surface area contributed by atoms with Gasteiger partial charge in [-0.05, 0) is 55.2 Å². The molecule has 3 nitrogen and oxygen atoms in total. The minimum Gasteiger partial charge on any atom is -0.497 e. The van der Waals surface area contributed by atoms with Gasteiger partial charge in [0.2, 0.25) is 0 Å². The first-order chi connectivity index (χ1) is 13.4. The molecule has 0 amide bonds. The highest BCUT2D eigenvalue weighted by Crippen LogP contribution is 2.50. The summed E-state index contributed by atoms with van der Waals surface area (Å²) in [5.41, 5.74) is 4.96. The first-order valence-corrected chi connectivity index (χ1v) is 9.62. The Morgan fingerprint density at radius 1 is 0.929 bits per heavy atom. The van der Waals surface area contributed by atoms with Gasteiger partial charge in [-0.15, -0.1) is 0 Å². The number of aryl methyl sites for hydroxylation is 2. The second-order valence-corrected chi connectivity index (χ2v) is 7.65. The third kappa shape index (κ3) is 2.87. The van der Waals surface area contributed by atoms with Crippen molar-refractivity contribution in [1.29, 1.82) is 0 Å². The van der Waals surface area contributed by atoms with Crippen molar-refractivity contribution in [2.75, 3.05) is 13.7 Å². The Kier molecular flexibility index (Phi) is 4.64. The summed E-state index contributed by atoms with van der Waals surface area (Å²) < 4.78 is 11.5. The average Bonchev–Trinajstić information content (AvgIpc) is 2.72. The lowest BCUT2D eigenvalue weighted by molar-refractivity contribution is 0.0103. The van der Waals surface area contributed by atoms with E-state index in [1.807, 2.05) is 30.3 Å². The molecule has 0 radical (unpaired) electrons. The van der Waals surface area contributed by atoms with Crippen molar-refractivity contribution in [3.8, 4) is 11.5 Å². The minimum atomic E-state index is -1.19. The molecule has 2 unspecified atom stereocenters. The van der Waals surface area contributed by atoms with E-state index in [-0.39, 0.29) is 5.92 Å². The van der Waals surface area contributed by atoms with E-state index in [1.54, 1.807) is 7.11 Å². The van der Waals surface area contributed by atoms with Gasteiger partial charge in [0.15, 0.2) is 0 Å². The first-order valence-electron chi connectivity index (χ1n) is 9.62. The number of aliphatic hydroxyl groups is 1. The molecular formula is C25H26O3. The van der Waals surface area contributed by atoms with Gasteiger partial charge in [-0.3, -0.25) is 0 Å². The van der Waals surface area contributed by atoms with Crippen molar-refractivity contribution < 1.29 is 14.6 Å². The highest BCUT2D eigenvalue weighted by atomic mass is 16.5. The number of hydrogen-bond donors (Lipinski definition) is 1. The Bertz CT molecular complexity index is 990. The van der Waals surface area contributed by atoms with Crippen molar-refractivity contribution in [2.24, 2.45) is 0 Å². The van der Waals surface area contributed by atoms with Crippen molar-refractivity contribution >= 4 is 0 Å². The van der Waals surface area contributed by atoms with Crippen molar-refractivity contribution in [3.05, 3.63) is 94.0 Å². The molecule has 3 aromatic rings. The van der Waals surface area contributed by atoms with Crippen LogP contribution in [0, 0.1) is 20.8 Å². The van der Waals surface area contributed by atoms with E-state index >= 15 is 0 Å². The lowest BCUT2D eigenvalue weighted by Gasteiger charge is -2.42. The van der Waals surface area contributed by atoms with Crippen LogP contribution >= 0.6 is 0 Å². The van der Waals surface area contributed by atoms with Gasteiger partial charge in [0.25, 0.3) is 0 Å². The van der Waals surface area contributed by atoms with Crippen LogP contribution < -0.4 is 9.47 Å². The van der Waals surface area contributed by atoms with Crippen molar-refractivity contribution in [2.45, 2.75) is 32.3 Å². The number of methoxy groups -OCH3 is 1. The number of hydrogen-bond acceptors (Lipinski definition) is 3. The van der Waals surface area contributed by atoms with Gasteiger partial charge in [0, 0.05) is 5.56 Å². The molecule has 1 N–H and O–H groups in total. The molecule has 144 valence electrons. The molecule has 1 aliphatic rings. The molecule has 0 spiro atoms. The average molecular weight is 374 g/mol. The standard InChI is InChI=1S/C25H26O3/c1-16-5-8-19(9-6-16)23-15-28-24-18(3)17(2)7-14-22(24)25(23,26)20-10-12-21(27-4)13-11-20/h5-14,23,26H,15H2,1-4H3. The highest BCUT2D eigenvalue weighted by Gasteiger charge is 2.47. The van der Waals surface area contributed by atoms with E-state index in [0.717, 1.165) is 39.3 Å². The summed E-state index contributed by atoms with van der Waals surface area (Å²) >= 11 is 0. The van der Waals surface area contributed by atoms with Crippen LogP contribution in [0.1, 0.15) is 39.3 Å². The lowest BCUT2D eigenvalue weighted by Crippen LogP contribution is -2.42. The fourth-order valence-electron chi connectivity index (χ4n) is 4.09. The Morgan fingerprint density at radius 2 is 1.61 bits per heavy atom. The maximum atomic E-state index is 12.2. The van der Waals surface area contributed by atoms with Gasteiger partial charge in [0.05, 0.1) is 19.6 Å². The summed E-state index contributed by atoms with van der Waals surface area (Å²) in [5, 5.41) is 12.2. The van der Waals surface area contributed by atoms with E-state index in [9.17, 15) is 5.11 Å². The molecule has 0 aliphatic carbocycles. The molecule has 2 atom stereocenters. The van der Waals surface area contributed by atoms with Crippen molar-refractivity contribution in [1.82, 2.24) is 0 Å². The summed E-state index contributed by atoms with van der Waals surface area (Å²) in [7, 11) is 1.65. The molecule has 3 heteroatoms. The van der Waals surface area contributed by atoms with Crippen LogP contribution in [0.15, 0.2) is 60.7 Å². The van der Waals surface area contributed by atoms with Gasteiger partial charge in [-0.2, -0.15) is 0 Å². The fourth-order valence-corrected chi connectivity index (χ4v) is 4.09.